The molecule has 0 radical (unpaired) electrons. The standard InChI is InChI=1S/C27H24N4O6/c1-17-14-20(7-8-21(17)29-27(33)25-16-18-4-2-3-5-24(18)37-25)28-26(32)19-6-9-22(23(15-19)31(34)35)30-10-12-36-13-11-30/h2-9,14-16H,10-13H2,1H3,(H,28,32)(H,29,33). The van der Waals surface area contributed by atoms with E-state index in [4.69, 9.17) is 9.15 Å². The Morgan fingerprint density at radius 2 is 1.73 bits per heavy atom. The molecule has 2 heterocycles. The van der Waals surface area contributed by atoms with Gasteiger partial charge in [-0.2, -0.15) is 0 Å². The number of nitro groups is 1. The third kappa shape index (κ3) is 5.14. The zero-order valence-corrected chi connectivity index (χ0v) is 20.0. The van der Waals surface area contributed by atoms with Crippen LogP contribution in [0, 0.1) is 17.0 Å². The topological polar surface area (TPSA) is 127 Å². The molecule has 1 aliphatic rings. The van der Waals surface area contributed by atoms with E-state index in [9.17, 15) is 19.7 Å². The molecular weight excluding hydrogens is 476 g/mol. The van der Waals surface area contributed by atoms with Crippen molar-refractivity contribution in [2.75, 3.05) is 41.8 Å². The molecule has 1 fully saturated rings. The first kappa shape index (κ1) is 24.0. The van der Waals surface area contributed by atoms with Gasteiger partial charge in [0.1, 0.15) is 11.3 Å². The SMILES string of the molecule is Cc1cc(NC(=O)c2ccc(N3CCOCC3)c([N+](=O)[O-])c2)ccc1NC(=O)c1cc2ccccc2o1. The third-order valence-electron chi connectivity index (χ3n) is 6.17. The number of nitrogens with one attached hydrogen (secondary N) is 2. The smallest absolute Gasteiger partial charge is 0.293 e. The van der Waals surface area contributed by atoms with Gasteiger partial charge in [0.15, 0.2) is 5.76 Å². The first-order chi connectivity index (χ1) is 17.9. The van der Waals surface area contributed by atoms with Crippen molar-refractivity contribution in [3.05, 3.63) is 93.7 Å². The van der Waals surface area contributed by atoms with Crippen LogP contribution in [0.4, 0.5) is 22.7 Å². The highest BCUT2D eigenvalue weighted by molar-refractivity contribution is 6.06. The maximum Gasteiger partial charge on any atom is 0.293 e. The molecule has 10 heteroatoms. The van der Waals surface area contributed by atoms with Gasteiger partial charge >= 0.3 is 0 Å². The van der Waals surface area contributed by atoms with Gasteiger partial charge < -0.3 is 24.7 Å². The quantitative estimate of drug-likeness (QED) is 0.282. The van der Waals surface area contributed by atoms with E-state index in [0.717, 1.165) is 10.9 Å². The van der Waals surface area contributed by atoms with Crippen molar-refractivity contribution in [2.45, 2.75) is 6.92 Å². The number of fused-ring (bicyclic) bond motifs is 1. The highest BCUT2D eigenvalue weighted by Gasteiger charge is 2.23. The molecule has 188 valence electrons. The number of anilines is 3. The average Bonchev–Trinajstić information content (AvgIpc) is 3.35. The lowest BCUT2D eigenvalue weighted by Gasteiger charge is -2.28. The summed E-state index contributed by atoms with van der Waals surface area (Å²) in [5.41, 5.74) is 2.90. The minimum Gasteiger partial charge on any atom is -0.451 e. The summed E-state index contributed by atoms with van der Waals surface area (Å²) in [7, 11) is 0. The van der Waals surface area contributed by atoms with Crippen molar-refractivity contribution in [2.24, 2.45) is 0 Å². The van der Waals surface area contributed by atoms with Crippen molar-refractivity contribution in [1.82, 2.24) is 0 Å². The molecular formula is C27H24N4O6. The van der Waals surface area contributed by atoms with E-state index in [2.05, 4.69) is 10.6 Å². The number of ether oxygens (including phenoxy) is 1. The van der Waals surface area contributed by atoms with E-state index < -0.39 is 10.8 Å². The average molecular weight is 501 g/mol. The van der Waals surface area contributed by atoms with Crippen LogP contribution in [0.15, 0.2) is 71.1 Å². The summed E-state index contributed by atoms with van der Waals surface area (Å²) < 4.78 is 10.9. The molecule has 0 atom stereocenters. The Hall–Kier alpha value is -4.70. The summed E-state index contributed by atoms with van der Waals surface area (Å²) in [6, 6.07) is 18.5. The molecule has 1 aliphatic heterocycles. The first-order valence-electron chi connectivity index (χ1n) is 11.7. The summed E-state index contributed by atoms with van der Waals surface area (Å²) in [6.45, 7) is 3.88. The monoisotopic (exact) mass is 500 g/mol. The van der Waals surface area contributed by atoms with Crippen LogP contribution >= 0.6 is 0 Å². The minimum atomic E-state index is -0.481. The van der Waals surface area contributed by atoms with Crippen LogP contribution < -0.4 is 15.5 Å². The molecule has 1 aromatic heterocycles. The number of aryl methyl sites for hydroxylation is 1. The zero-order valence-electron chi connectivity index (χ0n) is 20.0. The number of furan rings is 1. The van der Waals surface area contributed by atoms with Crippen LogP contribution in [0.2, 0.25) is 0 Å². The number of amides is 2. The van der Waals surface area contributed by atoms with Gasteiger partial charge in [-0.05, 0) is 55.0 Å². The van der Waals surface area contributed by atoms with E-state index in [-0.39, 0.29) is 22.9 Å². The van der Waals surface area contributed by atoms with E-state index >= 15 is 0 Å². The molecule has 10 nitrogen and oxygen atoms in total. The van der Waals surface area contributed by atoms with Crippen molar-refractivity contribution in [3.8, 4) is 0 Å². The number of nitro benzene ring substituents is 1. The maximum atomic E-state index is 12.9. The molecule has 0 aliphatic carbocycles. The molecule has 5 rings (SSSR count). The van der Waals surface area contributed by atoms with Crippen molar-refractivity contribution in [1.29, 1.82) is 0 Å². The molecule has 1 saturated heterocycles. The van der Waals surface area contributed by atoms with E-state index in [1.165, 1.54) is 6.07 Å². The van der Waals surface area contributed by atoms with Crippen LogP contribution in [0.3, 0.4) is 0 Å². The van der Waals surface area contributed by atoms with Crippen LogP contribution in [-0.2, 0) is 4.74 Å². The fourth-order valence-electron chi connectivity index (χ4n) is 4.25. The number of rotatable bonds is 6. The molecule has 0 saturated carbocycles. The molecule has 4 aromatic rings. The maximum absolute atomic E-state index is 12.9. The van der Waals surface area contributed by atoms with Crippen molar-refractivity contribution < 1.29 is 23.7 Å². The van der Waals surface area contributed by atoms with E-state index in [1.807, 2.05) is 23.1 Å². The van der Waals surface area contributed by atoms with Crippen molar-refractivity contribution in [3.63, 3.8) is 0 Å². The Labute approximate surface area is 212 Å². The molecule has 37 heavy (non-hydrogen) atoms. The highest BCUT2D eigenvalue weighted by Crippen LogP contribution is 2.30. The number of hydrogen-bond acceptors (Lipinski definition) is 7. The fraction of sp³-hybridized carbons (Fsp3) is 0.185. The Bertz CT molecular complexity index is 1470. The predicted molar refractivity (Wildman–Crippen MR) is 139 cm³/mol. The van der Waals surface area contributed by atoms with Crippen LogP contribution in [0.5, 0.6) is 0 Å². The van der Waals surface area contributed by atoms with Gasteiger partial charge in [-0.25, -0.2) is 0 Å². The summed E-state index contributed by atoms with van der Waals surface area (Å²) in [5, 5.41) is 18.1. The zero-order chi connectivity index (χ0) is 25.9. The largest absolute Gasteiger partial charge is 0.451 e. The highest BCUT2D eigenvalue weighted by atomic mass is 16.6. The summed E-state index contributed by atoms with van der Waals surface area (Å²) in [6.07, 6.45) is 0. The Kier molecular flexibility index (Phi) is 6.57. The number of hydrogen-bond donors (Lipinski definition) is 2. The molecule has 2 N–H and O–H groups in total. The lowest BCUT2D eigenvalue weighted by Crippen LogP contribution is -2.36. The number of nitrogens with zero attached hydrogens (tertiary/aromatic N) is 2. The number of benzene rings is 3. The van der Waals surface area contributed by atoms with E-state index in [1.54, 1.807) is 49.4 Å². The normalized spacial score (nSPS) is 13.4. The Balaban J connectivity index is 1.29. The molecule has 0 unspecified atom stereocenters. The van der Waals surface area contributed by atoms with Gasteiger partial charge in [0.2, 0.25) is 0 Å². The first-order valence-corrected chi connectivity index (χ1v) is 11.7. The molecule has 0 bridgehead atoms. The lowest BCUT2D eigenvalue weighted by atomic mass is 10.1. The summed E-state index contributed by atoms with van der Waals surface area (Å²) in [5.74, 6) is -0.668. The number of morpholine rings is 1. The fourth-order valence-corrected chi connectivity index (χ4v) is 4.25. The van der Waals surface area contributed by atoms with Gasteiger partial charge in [0.25, 0.3) is 17.5 Å². The summed E-state index contributed by atoms with van der Waals surface area (Å²) in [4.78, 5) is 38.6. The van der Waals surface area contributed by atoms with Gasteiger partial charge in [0, 0.05) is 41.5 Å². The van der Waals surface area contributed by atoms with Crippen LogP contribution in [0.25, 0.3) is 11.0 Å². The second kappa shape index (κ2) is 10.1. The summed E-state index contributed by atoms with van der Waals surface area (Å²) >= 11 is 0. The predicted octanol–water partition coefficient (Wildman–Crippen LogP) is 4.99. The van der Waals surface area contributed by atoms with Crippen LogP contribution in [0.1, 0.15) is 26.5 Å². The third-order valence-corrected chi connectivity index (χ3v) is 6.17. The van der Waals surface area contributed by atoms with Gasteiger partial charge in [-0.1, -0.05) is 18.2 Å². The molecule has 2 amide bonds. The number of carbonyl (C=O) groups excluding carboxylic acids is 2. The molecule has 3 aromatic carbocycles. The molecule has 0 spiro atoms. The number of carbonyl (C=O) groups is 2. The van der Waals surface area contributed by atoms with Crippen molar-refractivity contribution >= 4 is 45.5 Å². The lowest BCUT2D eigenvalue weighted by molar-refractivity contribution is -0.384. The van der Waals surface area contributed by atoms with Crippen LogP contribution in [-0.4, -0.2) is 43.0 Å². The van der Waals surface area contributed by atoms with Gasteiger partial charge in [-0.15, -0.1) is 0 Å². The minimum absolute atomic E-state index is 0.130. The van der Waals surface area contributed by atoms with Gasteiger partial charge in [-0.3, -0.25) is 19.7 Å². The van der Waals surface area contributed by atoms with E-state index in [0.29, 0.717) is 48.9 Å². The van der Waals surface area contributed by atoms with Gasteiger partial charge in [0.05, 0.1) is 18.1 Å². The second-order valence-corrected chi connectivity index (χ2v) is 8.65. The number of para-hydroxylation sites is 1. The Morgan fingerprint density at radius 3 is 2.46 bits per heavy atom. The second-order valence-electron chi connectivity index (χ2n) is 8.65. The Morgan fingerprint density at radius 1 is 0.946 bits per heavy atom.